The minimum atomic E-state index is 0.831. The maximum absolute atomic E-state index is 3.43. The maximum atomic E-state index is 3.43. The van der Waals surface area contributed by atoms with Gasteiger partial charge in [-0.1, -0.05) is 30.3 Å². The first kappa shape index (κ1) is 12.5. The predicted molar refractivity (Wildman–Crippen MR) is 82.8 cm³/mol. The van der Waals surface area contributed by atoms with E-state index in [2.05, 4.69) is 59.7 Å². The molecule has 1 aliphatic heterocycles. The van der Waals surface area contributed by atoms with Crippen LogP contribution in [0.25, 0.3) is 10.8 Å². The van der Waals surface area contributed by atoms with Crippen LogP contribution in [0.15, 0.2) is 42.5 Å². The molecule has 19 heavy (non-hydrogen) atoms. The minimum Gasteiger partial charge on any atom is -0.374 e. The smallest absolute Gasteiger partial charge is 0.0370 e. The third-order valence-corrected chi connectivity index (χ3v) is 4.16. The molecule has 2 aromatic carbocycles. The summed E-state index contributed by atoms with van der Waals surface area (Å²) in [5, 5.41) is 6.08. The fourth-order valence-electron chi connectivity index (χ4n) is 2.97. The van der Waals surface area contributed by atoms with Gasteiger partial charge in [0, 0.05) is 19.3 Å². The van der Waals surface area contributed by atoms with Gasteiger partial charge in [-0.25, -0.2) is 0 Å². The van der Waals surface area contributed by atoms with Gasteiger partial charge in [0.15, 0.2) is 0 Å². The fourth-order valence-corrected chi connectivity index (χ4v) is 2.97. The number of rotatable bonds is 3. The average molecular weight is 254 g/mol. The first-order valence-electron chi connectivity index (χ1n) is 7.23. The lowest BCUT2D eigenvalue weighted by Gasteiger charge is -2.29. The SMILES string of the molecule is CN(CC1CCNCC1)c1ccc2ccccc2c1. The number of hydrogen-bond acceptors (Lipinski definition) is 2. The number of benzene rings is 2. The van der Waals surface area contributed by atoms with E-state index >= 15 is 0 Å². The Morgan fingerprint density at radius 2 is 1.79 bits per heavy atom. The highest BCUT2D eigenvalue weighted by Crippen LogP contribution is 2.23. The highest BCUT2D eigenvalue weighted by Gasteiger charge is 2.15. The molecule has 1 fully saturated rings. The lowest BCUT2D eigenvalue weighted by molar-refractivity contribution is 0.378. The first-order chi connectivity index (χ1) is 9.33. The van der Waals surface area contributed by atoms with Gasteiger partial charge < -0.3 is 10.2 Å². The summed E-state index contributed by atoms with van der Waals surface area (Å²) >= 11 is 0. The summed E-state index contributed by atoms with van der Waals surface area (Å²) in [4.78, 5) is 2.41. The van der Waals surface area contributed by atoms with Crippen LogP contribution >= 0.6 is 0 Å². The van der Waals surface area contributed by atoms with Crippen molar-refractivity contribution < 1.29 is 0 Å². The van der Waals surface area contributed by atoms with Crippen molar-refractivity contribution in [2.24, 2.45) is 5.92 Å². The van der Waals surface area contributed by atoms with Gasteiger partial charge in [-0.3, -0.25) is 0 Å². The summed E-state index contributed by atoms with van der Waals surface area (Å²) in [6.45, 7) is 3.52. The third-order valence-electron chi connectivity index (χ3n) is 4.16. The van der Waals surface area contributed by atoms with E-state index < -0.39 is 0 Å². The molecular formula is C17H22N2. The highest BCUT2D eigenvalue weighted by atomic mass is 15.1. The van der Waals surface area contributed by atoms with Crippen molar-refractivity contribution in [1.29, 1.82) is 0 Å². The Morgan fingerprint density at radius 1 is 1.05 bits per heavy atom. The molecule has 3 rings (SSSR count). The molecule has 2 nitrogen and oxygen atoms in total. The quantitative estimate of drug-likeness (QED) is 0.904. The lowest BCUT2D eigenvalue weighted by Crippen LogP contribution is -2.34. The molecule has 1 N–H and O–H groups in total. The number of nitrogens with one attached hydrogen (secondary N) is 1. The number of anilines is 1. The van der Waals surface area contributed by atoms with E-state index in [1.54, 1.807) is 0 Å². The topological polar surface area (TPSA) is 15.3 Å². The largest absolute Gasteiger partial charge is 0.374 e. The molecule has 1 aliphatic rings. The van der Waals surface area contributed by atoms with Crippen LogP contribution in [0.5, 0.6) is 0 Å². The fraction of sp³-hybridized carbons (Fsp3) is 0.412. The maximum Gasteiger partial charge on any atom is 0.0370 e. The van der Waals surface area contributed by atoms with Crippen LogP contribution < -0.4 is 10.2 Å². The molecule has 100 valence electrons. The molecule has 0 aromatic heterocycles. The monoisotopic (exact) mass is 254 g/mol. The Bertz CT molecular complexity index is 544. The summed E-state index contributed by atoms with van der Waals surface area (Å²) in [5.41, 5.74) is 1.33. The van der Waals surface area contributed by atoms with Crippen molar-refractivity contribution in [3.05, 3.63) is 42.5 Å². The standard InChI is InChI=1S/C17H22N2/c1-19(13-14-8-10-18-11-9-14)17-7-6-15-4-2-3-5-16(15)12-17/h2-7,12,14,18H,8-11,13H2,1H3. The molecule has 0 saturated carbocycles. The van der Waals surface area contributed by atoms with Gasteiger partial charge in [0.25, 0.3) is 0 Å². The second-order valence-electron chi connectivity index (χ2n) is 5.61. The normalized spacial score (nSPS) is 16.7. The summed E-state index contributed by atoms with van der Waals surface area (Å²) in [6, 6.07) is 15.3. The summed E-state index contributed by atoms with van der Waals surface area (Å²) < 4.78 is 0. The van der Waals surface area contributed by atoms with E-state index in [1.165, 1.54) is 48.9 Å². The third kappa shape index (κ3) is 2.90. The minimum absolute atomic E-state index is 0.831. The van der Waals surface area contributed by atoms with Crippen molar-refractivity contribution >= 4 is 16.5 Å². The Hall–Kier alpha value is -1.54. The van der Waals surface area contributed by atoms with Crippen molar-refractivity contribution in [2.75, 3.05) is 31.6 Å². The van der Waals surface area contributed by atoms with Gasteiger partial charge in [-0.05, 0) is 54.8 Å². The Balaban J connectivity index is 1.75. The lowest BCUT2D eigenvalue weighted by atomic mass is 9.97. The number of nitrogens with zero attached hydrogens (tertiary/aromatic N) is 1. The Kier molecular flexibility index (Phi) is 3.69. The van der Waals surface area contributed by atoms with Gasteiger partial charge in [-0.2, -0.15) is 0 Å². The molecular weight excluding hydrogens is 232 g/mol. The number of fused-ring (bicyclic) bond motifs is 1. The van der Waals surface area contributed by atoms with Crippen molar-refractivity contribution in [1.82, 2.24) is 5.32 Å². The molecule has 0 bridgehead atoms. The zero-order chi connectivity index (χ0) is 13.1. The Labute approximate surface area is 115 Å². The summed E-state index contributed by atoms with van der Waals surface area (Å²) in [5.74, 6) is 0.831. The van der Waals surface area contributed by atoms with Crippen molar-refractivity contribution in [3.8, 4) is 0 Å². The van der Waals surface area contributed by atoms with Crippen molar-refractivity contribution in [2.45, 2.75) is 12.8 Å². The van der Waals surface area contributed by atoms with E-state index in [9.17, 15) is 0 Å². The van der Waals surface area contributed by atoms with E-state index in [0.717, 1.165) is 5.92 Å². The summed E-state index contributed by atoms with van der Waals surface area (Å²) in [7, 11) is 2.21. The molecule has 0 atom stereocenters. The Morgan fingerprint density at radius 3 is 2.58 bits per heavy atom. The first-order valence-corrected chi connectivity index (χ1v) is 7.23. The molecule has 0 aliphatic carbocycles. The van der Waals surface area contributed by atoms with Gasteiger partial charge in [0.1, 0.15) is 0 Å². The molecule has 0 radical (unpaired) electrons. The van der Waals surface area contributed by atoms with Crippen LogP contribution in [0, 0.1) is 5.92 Å². The van der Waals surface area contributed by atoms with Crippen LogP contribution in [0.4, 0.5) is 5.69 Å². The van der Waals surface area contributed by atoms with Crippen LogP contribution in [0.3, 0.4) is 0 Å². The van der Waals surface area contributed by atoms with E-state index in [0.29, 0.717) is 0 Å². The van der Waals surface area contributed by atoms with Crippen molar-refractivity contribution in [3.63, 3.8) is 0 Å². The number of piperidine rings is 1. The summed E-state index contributed by atoms with van der Waals surface area (Å²) in [6.07, 6.45) is 2.61. The number of hydrogen-bond donors (Lipinski definition) is 1. The van der Waals surface area contributed by atoms with E-state index in [-0.39, 0.29) is 0 Å². The predicted octanol–water partition coefficient (Wildman–Crippen LogP) is 3.28. The highest BCUT2D eigenvalue weighted by molar-refractivity contribution is 5.85. The van der Waals surface area contributed by atoms with Gasteiger partial charge in [0.05, 0.1) is 0 Å². The molecule has 0 spiro atoms. The zero-order valence-corrected chi connectivity index (χ0v) is 11.6. The van der Waals surface area contributed by atoms with Gasteiger partial charge >= 0.3 is 0 Å². The molecule has 0 unspecified atom stereocenters. The van der Waals surface area contributed by atoms with Gasteiger partial charge in [-0.15, -0.1) is 0 Å². The average Bonchev–Trinajstić information content (AvgIpc) is 2.48. The van der Waals surface area contributed by atoms with Crippen LogP contribution in [-0.2, 0) is 0 Å². The molecule has 1 heterocycles. The zero-order valence-electron chi connectivity index (χ0n) is 11.6. The van der Waals surface area contributed by atoms with E-state index in [4.69, 9.17) is 0 Å². The van der Waals surface area contributed by atoms with Gasteiger partial charge in [0.2, 0.25) is 0 Å². The van der Waals surface area contributed by atoms with Crippen LogP contribution in [-0.4, -0.2) is 26.7 Å². The molecule has 0 amide bonds. The molecule has 1 saturated heterocycles. The molecule has 2 heteroatoms. The second-order valence-corrected chi connectivity index (χ2v) is 5.61. The van der Waals surface area contributed by atoms with E-state index in [1.807, 2.05) is 0 Å². The van der Waals surface area contributed by atoms with Crippen LogP contribution in [0.1, 0.15) is 12.8 Å². The molecule has 2 aromatic rings. The van der Waals surface area contributed by atoms with Crippen LogP contribution in [0.2, 0.25) is 0 Å². The second kappa shape index (κ2) is 5.62.